The SMILES string of the molecule is CCCc1csc(CCCS)n1. The molecule has 0 saturated heterocycles. The zero-order chi connectivity index (χ0) is 8.81. The highest BCUT2D eigenvalue weighted by Gasteiger charge is 1.99. The second-order valence-corrected chi connectivity index (χ2v) is 4.20. The van der Waals surface area contributed by atoms with Gasteiger partial charge in [0, 0.05) is 11.8 Å². The van der Waals surface area contributed by atoms with Crippen LogP contribution in [0.5, 0.6) is 0 Å². The summed E-state index contributed by atoms with van der Waals surface area (Å²) >= 11 is 5.96. The molecule has 0 aromatic carbocycles. The monoisotopic (exact) mass is 201 g/mol. The lowest BCUT2D eigenvalue weighted by Crippen LogP contribution is -1.87. The van der Waals surface area contributed by atoms with Crippen LogP contribution >= 0.6 is 24.0 Å². The Labute approximate surface area is 83.6 Å². The summed E-state index contributed by atoms with van der Waals surface area (Å²) in [7, 11) is 0. The van der Waals surface area contributed by atoms with Crippen LogP contribution < -0.4 is 0 Å². The van der Waals surface area contributed by atoms with Gasteiger partial charge in [-0.3, -0.25) is 0 Å². The largest absolute Gasteiger partial charge is 0.246 e. The number of hydrogen-bond acceptors (Lipinski definition) is 3. The molecule has 0 atom stereocenters. The van der Waals surface area contributed by atoms with Gasteiger partial charge >= 0.3 is 0 Å². The van der Waals surface area contributed by atoms with Gasteiger partial charge in [-0.2, -0.15) is 12.6 Å². The van der Waals surface area contributed by atoms with E-state index in [1.165, 1.54) is 17.1 Å². The summed E-state index contributed by atoms with van der Waals surface area (Å²) in [6.45, 7) is 2.19. The third-order valence-electron chi connectivity index (χ3n) is 1.65. The van der Waals surface area contributed by atoms with Crippen molar-refractivity contribution in [1.29, 1.82) is 0 Å². The second kappa shape index (κ2) is 5.60. The molecule has 0 aliphatic heterocycles. The van der Waals surface area contributed by atoms with Crippen molar-refractivity contribution in [3.63, 3.8) is 0 Å². The fraction of sp³-hybridized carbons (Fsp3) is 0.667. The minimum Gasteiger partial charge on any atom is -0.246 e. The molecule has 0 fully saturated rings. The average Bonchev–Trinajstić information content (AvgIpc) is 2.50. The first kappa shape index (κ1) is 10.1. The Bertz CT molecular complexity index is 220. The fourth-order valence-electron chi connectivity index (χ4n) is 1.06. The molecule has 1 aromatic heterocycles. The van der Waals surface area contributed by atoms with Gasteiger partial charge in [0.15, 0.2) is 0 Å². The quantitative estimate of drug-likeness (QED) is 0.723. The molecule has 0 spiro atoms. The number of nitrogens with zero attached hydrogens (tertiary/aromatic N) is 1. The van der Waals surface area contributed by atoms with Crippen molar-refractivity contribution in [2.75, 3.05) is 5.75 Å². The molecular formula is C9H15NS2. The van der Waals surface area contributed by atoms with E-state index in [1.807, 2.05) is 0 Å². The Kier molecular flexibility index (Phi) is 4.69. The molecule has 0 aliphatic carbocycles. The number of thiazole rings is 1. The maximum absolute atomic E-state index is 4.52. The number of aromatic nitrogens is 1. The molecule has 0 unspecified atom stereocenters. The Hall–Kier alpha value is -0.0200. The lowest BCUT2D eigenvalue weighted by Gasteiger charge is -1.91. The zero-order valence-corrected chi connectivity index (χ0v) is 9.13. The number of thiol groups is 1. The van der Waals surface area contributed by atoms with Crippen LogP contribution in [0.1, 0.15) is 30.5 Å². The molecule has 0 aliphatic rings. The van der Waals surface area contributed by atoms with E-state index in [4.69, 9.17) is 0 Å². The molecule has 1 aromatic rings. The second-order valence-electron chi connectivity index (χ2n) is 2.81. The summed E-state index contributed by atoms with van der Waals surface area (Å²) in [4.78, 5) is 4.52. The van der Waals surface area contributed by atoms with Gasteiger partial charge in [0.05, 0.1) is 10.7 Å². The van der Waals surface area contributed by atoms with Crippen LogP contribution in [0.2, 0.25) is 0 Å². The lowest BCUT2D eigenvalue weighted by molar-refractivity contribution is 0.861. The van der Waals surface area contributed by atoms with Crippen molar-refractivity contribution < 1.29 is 0 Å². The number of aryl methyl sites for hydroxylation is 2. The van der Waals surface area contributed by atoms with Gasteiger partial charge in [-0.25, -0.2) is 4.98 Å². The van der Waals surface area contributed by atoms with Crippen LogP contribution in [0.3, 0.4) is 0 Å². The summed E-state index contributed by atoms with van der Waals surface area (Å²) in [5.41, 5.74) is 1.26. The summed E-state index contributed by atoms with van der Waals surface area (Å²) in [6, 6.07) is 0. The van der Waals surface area contributed by atoms with E-state index in [2.05, 4.69) is 29.9 Å². The maximum atomic E-state index is 4.52. The molecule has 0 radical (unpaired) electrons. The van der Waals surface area contributed by atoms with Crippen LogP contribution in [-0.4, -0.2) is 10.7 Å². The lowest BCUT2D eigenvalue weighted by atomic mass is 10.3. The summed E-state index contributed by atoms with van der Waals surface area (Å²) < 4.78 is 0. The van der Waals surface area contributed by atoms with Crippen molar-refractivity contribution in [3.05, 3.63) is 16.1 Å². The predicted molar refractivity (Wildman–Crippen MR) is 58.3 cm³/mol. The molecule has 1 nitrogen and oxygen atoms in total. The molecule has 12 heavy (non-hydrogen) atoms. The molecular weight excluding hydrogens is 186 g/mol. The van der Waals surface area contributed by atoms with Crippen LogP contribution in [0, 0.1) is 0 Å². The van der Waals surface area contributed by atoms with Gasteiger partial charge in [0.1, 0.15) is 0 Å². The standard InChI is InChI=1S/C9H15NS2/c1-2-4-8-7-12-9(10-8)5-3-6-11/h7,11H,2-6H2,1H3. The highest BCUT2D eigenvalue weighted by molar-refractivity contribution is 7.80. The van der Waals surface area contributed by atoms with Crippen LogP contribution in [0.4, 0.5) is 0 Å². The summed E-state index contributed by atoms with van der Waals surface area (Å²) in [5, 5.41) is 3.45. The van der Waals surface area contributed by atoms with Gasteiger partial charge in [0.2, 0.25) is 0 Å². The van der Waals surface area contributed by atoms with Gasteiger partial charge in [-0.15, -0.1) is 11.3 Å². The van der Waals surface area contributed by atoms with Gasteiger partial charge < -0.3 is 0 Å². The Morgan fingerprint density at radius 1 is 1.50 bits per heavy atom. The minimum atomic E-state index is 0.961. The Morgan fingerprint density at radius 2 is 2.33 bits per heavy atom. The van der Waals surface area contributed by atoms with E-state index in [0.29, 0.717) is 0 Å². The normalized spacial score (nSPS) is 10.5. The Morgan fingerprint density at radius 3 is 3.00 bits per heavy atom. The van der Waals surface area contributed by atoms with Crippen molar-refractivity contribution in [1.82, 2.24) is 4.98 Å². The third-order valence-corrected chi connectivity index (χ3v) is 2.93. The van der Waals surface area contributed by atoms with Crippen LogP contribution in [-0.2, 0) is 12.8 Å². The first-order chi connectivity index (χ1) is 5.86. The van der Waals surface area contributed by atoms with E-state index in [0.717, 1.165) is 25.0 Å². The molecule has 1 heterocycles. The maximum Gasteiger partial charge on any atom is 0.0928 e. The number of hydrogen-bond donors (Lipinski definition) is 1. The molecule has 68 valence electrons. The van der Waals surface area contributed by atoms with Gasteiger partial charge in [0.25, 0.3) is 0 Å². The topological polar surface area (TPSA) is 12.9 Å². The fourth-order valence-corrected chi connectivity index (χ4v) is 2.10. The predicted octanol–water partition coefficient (Wildman–Crippen LogP) is 2.96. The molecule has 0 N–H and O–H groups in total. The average molecular weight is 201 g/mol. The highest BCUT2D eigenvalue weighted by Crippen LogP contribution is 2.13. The van der Waals surface area contributed by atoms with Crippen LogP contribution in [0.25, 0.3) is 0 Å². The third kappa shape index (κ3) is 3.15. The first-order valence-electron chi connectivity index (χ1n) is 4.41. The van der Waals surface area contributed by atoms with Crippen molar-refractivity contribution in [3.8, 4) is 0 Å². The van der Waals surface area contributed by atoms with E-state index in [9.17, 15) is 0 Å². The summed E-state index contributed by atoms with van der Waals surface area (Å²) in [5.74, 6) is 0.961. The van der Waals surface area contributed by atoms with E-state index >= 15 is 0 Å². The van der Waals surface area contributed by atoms with Crippen molar-refractivity contribution in [2.45, 2.75) is 32.6 Å². The molecule has 0 saturated carbocycles. The highest BCUT2D eigenvalue weighted by atomic mass is 32.1. The van der Waals surface area contributed by atoms with Crippen molar-refractivity contribution in [2.24, 2.45) is 0 Å². The summed E-state index contributed by atoms with van der Waals surface area (Å²) in [6.07, 6.45) is 4.55. The zero-order valence-electron chi connectivity index (χ0n) is 7.42. The Balaban J connectivity index is 2.41. The molecule has 0 bridgehead atoms. The number of rotatable bonds is 5. The van der Waals surface area contributed by atoms with Gasteiger partial charge in [-0.05, 0) is 18.6 Å². The smallest absolute Gasteiger partial charge is 0.0928 e. The first-order valence-corrected chi connectivity index (χ1v) is 5.92. The van der Waals surface area contributed by atoms with Gasteiger partial charge in [-0.1, -0.05) is 13.3 Å². The van der Waals surface area contributed by atoms with E-state index < -0.39 is 0 Å². The molecule has 3 heteroatoms. The minimum absolute atomic E-state index is 0.961. The van der Waals surface area contributed by atoms with E-state index in [-0.39, 0.29) is 0 Å². The molecule has 1 rings (SSSR count). The van der Waals surface area contributed by atoms with Crippen LogP contribution in [0.15, 0.2) is 5.38 Å². The van der Waals surface area contributed by atoms with Crippen molar-refractivity contribution >= 4 is 24.0 Å². The molecule has 0 amide bonds. The van der Waals surface area contributed by atoms with E-state index in [1.54, 1.807) is 11.3 Å².